The molecule has 0 fully saturated rings. The van der Waals surface area contributed by atoms with E-state index in [1.807, 2.05) is 0 Å². The molecule has 0 radical (unpaired) electrons. The second kappa shape index (κ2) is 11.7. The summed E-state index contributed by atoms with van der Waals surface area (Å²) in [5.41, 5.74) is 8.54. The lowest BCUT2D eigenvalue weighted by atomic mass is 9.89. The molecule has 3 nitrogen and oxygen atoms in total. The molecule has 0 aliphatic heterocycles. The highest BCUT2D eigenvalue weighted by molar-refractivity contribution is 6.38. The molecule has 9 aromatic carbocycles. The summed E-state index contributed by atoms with van der Waals surface area (Å²) in [6.45, 7) is 0. The Morgan fingerprint density at radius 1 is 0.358 bits per heavy atom. The number of para-hydroxylation sites is 2. The minimum Gasteiger partial charge on any atom is -0.309 e. The quantitative estimate of drug-likeness (QED) is 0.174. The molecule has 11 rings (SSSR count). The fourth-order valence-corrected chi connectivity index (χ4v) is 8.47. The summed E-state index contributed by atoms with van der Waals surface area (Å²) in [7, 11) is 0. The van der Waals surface area contributed by atoms with Gasteiger partial charge < -0.3 is 4.57 Å². The Morgan fingerprint density at radius 3 is 1.77 bits per heavy atom. The maximum atomic E-state index is 5.43. The molecular weight excluding hydrogens is 643 g/mol. The number of hydrogen-bond donors (Lipinski definition) is 0. The molecule has 0 unspecified atom stereocenters. The predicted octanol–water partition coefficient (Wildman–Crippen LogP) is 13.2. The van der Waals surface area contributed by atoms with Crippen LogP contribution in [0.25, 0.3) is 104 Å². The van der Waals surface area contributed by atoms with Crippen LogP contribution < -0.4 is 0 Å². The van der Waals surface area contributed by atoms with Crippen LogP contribution >= 0.6 is 0 Å². The van der Waals surface area contributed by atoms with Crippen LogP contribution in [-0.4, -0.2) is 14.5 Å². The Hall–Kier alpha value is -7.10. The smallest absolute Gasteiger partial charge is 0.161 e. The molecule has 3 heteroatoms. The van der Waals surface area contributed by atoms with Crippen LogP contribution in [0.15, 0.2) is 188 Å². The lowest BCUT2D eigenvalue weighted by molar-refractivity contribution is 1.19. The highest BCUT2D eigenvalue weighted by Crippen LogP contribution is 2.47. The van der Waals surface area contributed by atoms with E-state index in [0.717, 1.165) is 44.5 Å². The van der Waals surface area contributed by atoms with Gasteiger partial charge >= 0.3 is 0 Å². The Labute approximate surface area is 306 Å². The zero-order valence-electron chi connectivity index (χ0n) is 28.7. The van der Waals surface area contributed by atoms with Crippen LogP contribution in [0.5, 0.6) is 0 Å². The Bertz CT molecular complexity index is 3210. The highest BCUT2D eigenvalue weighted by atomic mass is 15.0. The molecule has 0 atom stereocenters. The molecular formula is C50H31N3. The molecule has 2 aromatic heterocycles. The van der Waals surface area contributed by atoms with E-state index in [9.17, 15) is 0 Å². The minimum absolute atomic E-state index is 0.716. The van der Waals surface area contributed by atoms with E-state index in [1.165, 1.54) is 54.1 Å². The standard InChI is InChI=1S/C50H31N3/c1-3-17-33(18-4-1)44-31-45(52-50(51-44)40-28-15-19-32-16-7-8-22-35(32)40)42-30-43-37-24-10-12-26-39(37)49-48(47(43)38-25-11-9-23-36(38)42)41-27-13-14-29-46(41)53(49)34-20-5-2-6-21-34/h1-31H. The van der Waals surface area contributed by atoms with Crippen LogP contribution in [0.1, 0.15) is 0 Å². The monoisotopic (exact) mass is 673 g/mol. The molecule has 0 spiro atoms. The first-order valence-electron chi connectivity index (χ1n) is 18.1. The van der Waals surface area contributed by atoms with Crippen molar-refractivity contribution >= 4 is 64.9 Å². The molecule has 246 valence electrons. The van der Waals surface area contributed by atoms with Crippen molar-refractivity contribution < 1.29 is 0 Å². The average Bonchev–Trinajstić information content (AvgIpc) is 3.59. The fourth-order valence-electron chi connectivity index (χ4n) is 8.47. The Balaban J connectivity index is 1.30. The van der Waals surface area contributed by atoms with Gasteiger partial charge in [-0.15, -0.1) is 0 Å². The lowest BCUT2D eigenvalue weighted by Crippen LogP contribution is -1.98. The van der Waals surface area contributed by atoms with Crippen LogP contribution in [-0.2, 0) is 0 Å². The maximum Gasteiger partial charge on any atom is 0.161 e. The third kappa shape index (κ3) is 4.54. The van der Waals surface area contributed by atoms with Gasteiger partial charge in [0.15, 0.2) is 5.82 Å². The van der Waals surface area contributed by atoms with Crippen LogP contribution in [0.2, 0.25) is 0 Å². The summed E-state index contributed by atoms with van der Waals surface area (Å²) in [4.78, 5) is 10.7. The van der Waals surface area contributed by atoms with Gasteiger partial charge in [0, 0.05) is 43.9 Å². The number of aromatic nitrogens is 3. The van der Waals surface area contributed by atoms with Crippen molar-refractivity contribution in [1.29, 1.82) is 0 Å². The van der Waals surface area contributed by atoms with Gasteiger partial charge in [-0.2, -0.15) is 0 Å². The third-order valence-corrected chi connectivity index (χ3v) is 10.8. The fraction of sp³-hybridized carbons (Fsp3) is 0. The van der Waals surface area contributed by atoms with Gasteiger partial charge in [-0.3, -0.25) is 0 Å². The Morgan fingerprint density at radius 2 is 0.962 bits per heavy atom. The van der Waals surface area contributed by atoms with Crippen molar-refractivity contribution in [1.82, 2.24) is 14.5 Å². The lowest BCUT2D eigenvalue weighted by Gasteiger charge is -2.17. The molecule has 11 aromatic rings. The zero-order valence-corrected chi connectivity index (χ0v) is 28.7. The largest absolute Gasteiger partial charge is 0.309 e. The number of fused-ring (bicyclic) bond motifs is 11. The summed E-state index contributed by atoms with van der Waals surface area (Å²) in [5, 5.41) is 12.1. The molecule has 0 saturated heterocycles. The van der Waals surface area contributed by atoms with Crippen molar-refractivity contribution in [3.8, 4) is 39.6 Å². The number of benzene rings is 9. The van der Waals surface area contributed by atoms with Crippen molar-refractivity contribution in [2.45, 2.75) is 0 Å². The molecule has 0 amide bonds. The summed E-state index contributed by atoms with van der Waals surface area (Å²) < 4.78 is 2.45. The topological polar surface area (TPSA) is 30.7 Å². The summed E-state index contributed by atoms with van der Waals surface area (Å²) >= 11 is 0. The van der Waals surface area contributed by atoms with Crippen molar-refractivity contribution in [2.75, 3.05) is 0 Å². The van der Waals surface area contributed by atoms with E-state index in [2.05, 4.69) is 193 Å². The Kier molecular flexibility index (Phi) is 6.55. The van der Waals surface area contributed by atoms with Gasteiger partial charge in [0.1, 0.15) is 0 Å². The molecule has 0 aliphatic carbocycles. The van der Waals surface area contributed by atoms with E-state index in [1.54, 1.807) is 0 Å². The first kappa shape index (κ1) is 29.6. The summed E-state index contributed by atoms with van der Waals surface area (Å²) in [6.07, 6.45) is 0. The van der Waals surface area contributed by atoms with Gasteiger partial charge in [-0.1, -0.05) is 158 Å². The number of nitrogens with zero attached hydrogens (tertiary/aromatic N) is 3. The summed E-state index contributed by atoms with van der Waals surface area (Å²) in [6, 6.07) is 67.2. The molecule has 2 heterocycles. The number of rotatable bonds is 4. The summed E-state index contributed by atoms with van der Waals surface area (Å²) in [5.74, 6) is 0.716. The predicted molar refractivity (Wildman–Crippen MR) is 223 cm³/mol. The highest BCUT2D eigenvalue weighted by Gasteiger charge is 2.22. The van der Waals surface area contributed by atoms with E-state index >= 15 is 0 Å². The van der Waals surface area contributed by atoms with Crippen LogP contribution in [0, 0.1) is 0 Å². The molecule has 53 heavy (non-hydrogen) atoms. The van der Waals surface area contributed by atoms with Gasteiger partial charge in [0.2, 0.25) is 0 Å². The van der Waals surface area contributed by atoms with E-state index in [0.29, 0.717) is 5.82 Å². The van der Waals surface area contributed by atoms with Gasteiger partial charge in [0.25, 0.3) is 0 Å². The number of hydrogen-bond acceptors (Lipinski definition) is 2. The normalized spacial score (nSPS) is 11.8. The van der Waals surface area contributed by atoms with E-state index < -0.39 is 0 Å². The van der Waals surface area contributed by atoms with Crippen LogP contribution in [0.4, 0.5) is 0 Å². The molecule has 0 aliphatic rings. The molecule has 0 bridgehead atoms. The van der Waals surface area contributed by atoms with E-state index in [-0.39, 0.29) is 0 Å². The van der Waals surface area contributed by atoms with Gasteiger partial charge in [0.05, 0.1) is 22.4 Å². The molecule has 0 saturated carbocycles. The van der Waals surface area contributed by atoms with Crippen molar-refractivity contribution in [3.63, 3.8) is 0 Å². The SMILES string of the molecule is c1ccc(-c2cc(-c3cc4c5ccccc5c5c(c6ccccc6n5-c5ccccc5)c4c4ccccc34)nc(-c3cccc4ccccc34)n2)cc1. The van der Waals surface area contributed by atoms with Crippen molar-refractivity contribution in [2.24, 2.45) is 0 Å². The van der Waals surface area contributed by atoms with E-state index in [4.69, 9.17) is 9.97 Å². The maximum absolute atomic E-state index is 5.43. The van der Waals surface area contributed by atoms with Crippen molar-refractivity contribution in [3.05, 3.63) is 188 Å². The second-order valence-corrected chi connectivity index (χ2v) is 13.7. The van der Waals surface area contributed by atoms with Crippen LogP contribution in [0.3, 0.4) is 0 Å². The minimum atomic E-state index is 0.716. The molecule has 0 N–H and O–H groups in total. The average molecular weight is 674 g/mol. The second-order valence-electron chi connectivity index (χ2n) is 13.7. The zero-order chi connectivity index (χ0) is 34.9. The first-order chi connectivity index (χ1) is 26.3. The van der Waals surface area contributed by atoms with Gasteiger partial charge in [-0.25, -0.2) is 9.97 Å². The van der Waals surface area contributed by atoms with Gasteiger partial charge in [-0.05, 0) is 62.6 Å². The first-order valence-corrected chi connectivity index (χ1v) is 18.1. The third-order valence-electron chi connectivity index (χ3n) is 10.8.